The van der Waals surface area contributed by atoms with Gasteiger partial charge < -0.3 is 16.0 Å². The molecule has 0 saturated carbocycles. The predicted octanol–water partition coefficient (Wildman–Crippen LogP) is 0.0185. The molecule has 94 valence electrons. The van der Waals surface area contributed by atoms with Crippen LogP contribution in [-0.4, -0.2) is 39.0 Å². The molecule has 0 bridgehead atoms. The molecule has 0 aliphatic heterocycles. The van der Waals surface area contributed by atoms with Gasteiger partial charge in [0.25, 0.3) is 0 Å². The van der Waals surface area contributed by atoms with Crippen LogP contribution in [0.5, 0.6) is 0 Å². The van der Waals surface area contributed by atoms with Crippen LogP contribution in [0.3, 0.4) is 0 Å². The maximum atomic E-state index is 11.0. The molecule has 0 heterocycles. The summed E-state index contributed by atoms with van der Waals surface area (Å²) in [6, 6.07) is 0. The Bertz CT molecular complexity index is 207. The SMILES string of the molecule is CNCC(=O)NCCCCCCC(=O)NC. The van der Waals surface area contributed by atoms with E-state index in [1.807, 2.05) is 0 Å². The van der Waals surface area contributed by atoms with Crippen molar-refractivity contribution in [3.8, 4) is 0 Å². The molecule has 0 saturated heterocycles. The van der Waals surface area contributed by atoms with Gasteiger partial charge in [-0.3, -0.25) is 9.59 Å². The third-order valence-corrected chi connectivity index (χ3v) is 2.27. The number of nitrogens with one attached hydrogen (secondary N) is 3. The maximum Gasteiger partial charge on any atom is 0.233 e. The number of amides is 2. The molecule has 0 aromatic carbocycles. The molecule has 5 heteroatoms. The van der Waals surface area contributed by atoms with E-state index in [4.69, 9.17) is 0 Å². The van der Waals surface area contributed by atoms with E-state index in [0.29, 0.717) is 13.0 Å². The smallest absolute Gasteiger partial charge is 0.233 e. The Balaban J connectivity index is 3.15. The lowest BCUT2D eigenvalue weighted by atomic mass is 10.1. The molecule has 0 aliphatic carbocycles. The van der Waals surface area contributed by atoms with E-state index >= 15 is 0 Å². The Kier molecular flexibility index (Phi) is 9.70. The number of likely N-dealkylation sites (N-methyl/N-ethyl adjacent to an activating group) is 1. The molecule has 5 nitrogen and oxygen atoms in total. The first-order valence-electron chi connectivity index (χ1n) is 5.82. The minimum Gasteiger partial charge on any atom is -0.359 e. The molecule has 0 rings (SSSR count). The first kappa shape index (κ1) is 14.9. The summed E-state index contributed by atoms with van der Waals surface area (Å²) < 4.78 is 0. The first-order chi connectivity index (χ1) is 7.70. The van der Waals surface area contributed by atoms with Crippen molar-refractivity contribution < 1.29 is 9.59 Å². The highest BCUT2D eigenvalue weighted by Gasteiger charge is 1.99. The predicted molar refractivity (Wildman–Crippen MR) is 64.1 cm³/mol. The summed E-state index contributed by atoms with van der Waals surface area (Å²) >= 11 is 0. The molecule has 0 spiro atoms. The highest BCUT2D eigenvalue weighted by atomic mass is 16.2. The lowest BCUT2D eigenvalue weighted by Gasteiger charge is -2.04. The topological polar surface area (TPSA) is 70.2 Å². The molecule has 0 unspecified atom stereocenters. The van der Waals surface area contributed by atoms with Crippen LogP contribution in [0, 0.1) is 0 Å². The van der Waals surface area contributed by atoms with Gasteiger partial charge in [0.2, 0.25) is 11.8 Å². The number of hydrogen-bond donors (Lipinski definition) is 3. The summed E-state index contributed by atoms with van der Waals surface area (Å²) in [5.41, 5.74) is 0. The van der Waals surface area contributed by atoms with Gasteiger partial charge in [-0.05, 0) is 19.9 Å². The fourth-order valence-electron chi connectivity index (χ4n) is 1.34. The van der Waals surface area contributed by atoms with Crippen molar-refractivity contribution in [1.29, 1.82) is 0 Å². The van der Waals surface area contributed by atoms with Gasteiger partial charge in [-0.25, -0.2) is 0 Å². The van der Waals surface area contributed by atoms with Crippen molar-refractivity contribution in [1.82, 2.24) is 16.0 Å². The highest BCUT2D eigenvalue weighted by Crippen LogP contribution is 2.01. The summed E-state index contributed by atoms with van der Waals surface area (Å²) in [6.45, 7) is 1.09. The van der Waals surface area contributed by atoms with E-state index in [1.54, 1.807) is 14.1 Å². The third kappa shape index (κ3) is 9.45. The van der Waals surface area contributed by atoms with Crippen molar-refractivity contribution in [2.75, 3.05) is 27.2 Å². The summed E-state index contributed by atoms with van der Waals surface area (Å²) in [6.07, 6.45) is 4.59. The second kappa shape index (κ2) is 10.4. The number of rotatable bonds is 9. The summed E-state index contributed by atoms with van der Waals surface area (Å²) in [5.74, 6) is 0.134. The van der Waals surface area contributed by atoms with Gasteiger partial charge >= 0.3 is 0 Å². The van der Waals surface area contributed by atoms with Gasteiger partial charge in [0.15, 0.2) is 0 Å². The zero-order valence-corrected chi connectivity index (χ0v) is 10.3. The van der Waals surface area contributed by atoms with Crippen LogP contribution in [0.25, 0.3) is 0 Å². The lowest BCUT2D eigenvalue weighted by Crippen LogP contribution is -2.32. The van der Waals surface area contributed by atoms with E-state index in [0.717, 1.165) is 32.2 Å². The van der Waals surface area contributed by atoms with Gasteiger partial charge in [0, 0.05) is 20.0 Å². The van der Waals surface area contributed by atoms with Crippen LogP contribution in [0.15, 0.2) is 0 Å². The monoisotopic (exact) mass is 229 g/mol. The molecule has 0 atom stereocenters. The summed E-state index contributed by atoms with van der Waals surface area (Å²) in [7, 11) is 3.40. The van der Waals surface area contributed by atoms with Crippen molar-refractivity contribution in [3.05, 3.63) is 0 Å². The van der Waals surface area contributed by atoms with Crippen molar-refractivity contribution in [2.24, 2.45) is 0 Å². The fraction of sp³-hybridized carbons (Fsp3) is 0.818. The molecular formula is C11H23N3O2. The Labute approximate surface area is 97.4 Å². The Morgan fingerprint density at radius 1 is 0.938 bits per heavy atom. The summed E-state index contributed by atoms with van der Waals surface area (Å²) in [5, 5.41) is 8.20. The second-order valence-electron chi connectivity index (χ2n) is 3.72. The van der Waals surface area contributed by atoms with E-state index in [2.05, 4.69) is 16.0 Å². The zero-order valence-electron chi connectivity index (χ0n) is 10.3. The van der Waals surface area contributed by atoms with Crippen molar-refractivity contribution in [2.45, 2.75) is 32.1 Å². The molecule has 0 aromatic rings. The van der Waals surface area contributed by atoms with Gasteiger partial charge in [0.05, 0.1) is 6.54 Å². The molecule has 16 heavy (non-hydrogen) atoms. The average molecular weight is 229 g/mol. The number of carbonyl (C=O) groups excluding carboxylic acids is 2. The lowest BCUT2D eigenvalue weighted by molar-refractivity contribution is -0.121. The quantitative estimate of drug-likeness (QED) is 0.488. The van der Waals surface area contributed by atoms with Crippen LogP contribution >= 0.6 is 0 Å². The Morgan fingerprint density at radius 3 is 2.25 bits per heavy atom. The molecule has 0 radical (unpaired) electrons. The highest BCUT2D eigenvalue weighted by molar-refractivity contribution is 5.77. The van der Waals surface area contributed by atoms with Crippen LogP contribution in [0.1, 0.15) is 32.1 Å². The van der Waals surface area contributed by atoms with Gasteiger partial charge in [-0.15, -0.1) is 0 Å². The molecule has 3 N–H and O–H groups in total. The molecule has 0 aliphatic rings. The largest absolute Gasteiger partial charge is 0.359 e. The van der Waals surface area contributed by atoms with Gasteiger partial charge in [0.1, 0.15) is 0 Å². The maximum absolute atomic E-state index is 11.0. The number of hydrogen-bond acceptors (Lipinski definition) is 3. The van der Waals surface area contributed by atoms with Crippen LogP contribution < -0.4 is 16.0 Å². The van der Waals surface area contributed by atoms with Crippen LogP contribution in [0.2, 0.25) is 0 Å². The zero-order chi connectivity index (χ0) is 12.2. The Morgan fingerprint density at radius 2 is 1.62 bits per heavy atom. The van der Waals surface area contributed by atoms with Crippen LogP contribution in [0.4, 0.5) is 0 Å². The van der Waals surface area contributed by atoms with Gasteiger partial charge in [-0.1, -0.05) is 12.8 Å². The Hall–Kier alpha value is -1.10. The molecule has 2 amide bonds. The van der Waals surface area contributed by atoms with Crippen molar-refractivity contribution in [3.63, 3.8) is 0 Å². The first-order valence-corrected chi connectivity index (χ1v) is 5.82. The van der Waals surface area contributed by atoms with E-state index in [9.17, 15) is 9.59 Å². The fourth-order valence-corrected chi connectivity index (χ4v) is 1.34. The normalized spacial score (nSPS) is 9.88. The molecule has 0 aromatic heterocycles. The average Bonchev–Trinajstić information content (AvgIpc) is 2.27. The second-order valence-corrected chi connectivity index (χ2v) is 3.72. The molecule has 0 fully saturated rings. The minimum absolute atomic E-state index is 0.0351. The van der Waals surface area contributed by atoms with E-state index in [1.165, 1.54) is 0 Å². The van der Waals surface area contributed by atoms with E-state index in [-0.39, 0.29) is 11.8 Å². The van der Waals surface area contributed by atoms with Crippen molar-refractivity contribution >= 4 is 11.8 Å². The van der Waals surface area contributed by atoms with Crippen LogP contribution in [-0.2, 0) is 9.59 Å². The number of carbonyl (C=O) groups is 2. The molecular weight excluding hydrogens is 206 g/mol. The summed E-state index contributed by atoms with van der Waals surface area (Å²) in [4.78, 5) is 21.9. The van der Waals surface area contributed by atoms with E-state index < -0.39 is 0 Å². The number of unbranched alkanes of at least 4 members (excludes halogenated alkanes) is 3. The van der Waals surface area contributed by atoms with Gasteiger partial charge in [-0.2, -0.15) is 0 Å². The minimum atomic E-state index is 0.0351. The standard InChI is InChI=1S/C11H23N3O2/c1-12-9-11(16)14-8-6-4-3-5-7-10(15)13-2/h12H,3-9H2,1-2H3,(H,13,15)(H,14,16). The third-order valence-electron chi connectivity index (χ3n) is 2.27.